The highest BCUT2D eigenvalue weighted by Crippen LogP contribution is 2.11. The van der Waals surface area contributed by atoms with E-state index in [1.54, 1.807) is 24.4 Å². The summed E-state index contributed by atoms with van der Waals surface area (Å²) in [5.41, 5.74) is 6.99. The summed E-state index contributed by atoms with van der Waals surface area (Å²) in [4.78, 5) is 16.5. The molecule has 0 aliphatic rings. The fraction of sp³-hybridized carbons (Fsp3) is 0.154. The number of nitrogens with one attached hydrogen (secondary N) is 1. The van der Waals surface area contributed by atoms with Crippen molar-refractivity contribution in [2.45, 2.75) is 13.5 Å². The molecule has 0 spiro atoms. The van der Waals surface area contributed by atoms with Gasteiger partial charge in [-0.25, -0.2) is 4.98 Å². The zero-order valence-electron chi connectivity index (χ0n) is 10.8. The van der Waals surface area contributed by atoms with Crippen molar-refractivity contribution in [2.75, 3.05) is 0 Å². The van der Waals surface area contributed by atoms with Crippen LogP contribution < -0.4 is 11.1 Å². The van der Waals surface area contributed by atoms with Gasteiger partial charge in [0, 0.05) is 12.1 Å². The maximum absolute atomic E-state index is 11.9. The number of rotatable bonds is 4. The first-order valence-corrected chi connectivity index (χ1v) is 6.69. The van der Waals surface area contributed by atoms with Crippen LogP contribution in [0.5, 0.6) is 0 Å². The van der Waals surface area contributed by atoms with Gasteiger partial charge in [0.2, 0.25) is 0 Å². The molecule has 1 amide bonds. The predicted molar refractivity (Wildman–Crippen MR) is 77.0 cm³/mol. The molecule has 0 saturated carbocycles. The van der Waals surface area contributed by atoms with Gasteiger partial charge in [-0.3, -0.25) is 4.79 Å². The lowest BCUT2D eigenvalue weighted by Crippen LogP contribution is -2.22. The number of thiazole rings is 1. The first-order chi connectivity index (χ1) is 9.60. The molecule has 20 heavy (non-hydrogen) atoms. The number of nitrogens with two attached hydrogens (primary N) is 1. The molecular formula is C13H14N4O2S. The Bertz CT molecular complexity index is 651. The zero-order valence-corrected chi connectivity index (χ0v) is 11.6. The molecule has 0 radical (unpaired) electrons. The number of hydrogen-bond acceptors (Lipinski definition) is 5. The Hall–Kier alpha value is -2.41. The third kappa shape index (κ3) is 3.33. The van der Waals surface area contributed by atoms with Crippen LogP contribution in [0.15, 0.2) is 35.6 Å². The van der Waals surface area contributed by atoms with Crippen molar-refractivity contribution in [3.63, 3.8) is 0 Å². The topological polar surface area (TPSA) is 101 Å². The highest BCUT2D eigenvalue weighted by Gasteiger charge is 2.08. The van der Waals surface area contributed by atoms with Gasteiger partial charge in [-0.1, -0.05) is 23.4 Å². The van der Waals surface area contributed by atoms with E-state index >= 15 is 0 Å². The van der Waals surface area contributed by atoms with E-state index in [4.69, 9.17) is 10.9 Å². The Labute approximate surface area is 120 Å². The van der Waals surface area contributed by atoms with Crippen LogP contribution in [0.2, 0.25) is 0 Å². The van der Waals surface area contributed by atoms with E-state index in [0.29, 0.717) is 17.0 Å². The summed E-state index contributed by atoms with van der Waals surface area (Å²) in [7, 11) is 0. The van der Waals surface area contributed by atoms with Crippen LogP contribution in [-0.2, 0) is 6.54 Å². The highest BCUT2D eigenvalue weighted by molar-refractivity contribution is 7.13. The smallest absolute Gasteiger partial charge is 0.263 e. The van der Waals surface area contributed by atoms with Crippen molar-refractivity contribution < 1.29 is 10.0 Å². The summed E-state index contributed by atoms with van der Waals surface area (Å²) in [5, 5.41) is 15.2. The quantitative estimate of drug-likeness (QED) is 0.343. The minimum atomic E-state index is -0.162. The molecule has 0 aliphatic carbocycles. The highest BCUT2D eigenvalue weighted by atomic mass is 32.1. The van der Waals surface area contributed by atoms with Gasteiger partial charge in [0.05, 0.1) is 11.2 Å². The molecule has 6 nitrogen and oxygen atoms in total. The molecule has 104 valence electrons. The number of benzene rings is 1. The maximum Gasteiger partial charge on any atom is 0.263 e. The summed E-state index contributed by atoms with van der Waals surface area (Å²) in [6.45, 7) is 2.21. The Morgan fingerprint density at radius 3 is 3.00 bits per heavy atom. The van der Waals surface area contributed by atoms with Crippen molar-refractivity contribution in [3.05, 3.63) is 51.5 Å². The van der Waals surface area contributed by atoms with Gasteiger partial charge in [-0.15, -0.1) is 11.3 Å². The number of amidine groups is 1. The monoisotopic (exact) mass is 290 g/mol. The minimum absolute atomic E-state index is 0.0382. The SMILES string of the molecule is Cc1ncc(C(=O)NCc2cccc(/C(N)=N/O)c2)s1. The van der Waals surface area contributed by atoms with Crippen LogP contribution >= 0.6 is 11.3 Å². The molecule has 7 heteroatoms. The zero-order chi connectivity index (χ0) is 14.5. The molecule has 0 aliphatic heterocycles. The number of nitrogens with zero attached hydrogens (tertiary/aromatic N) is 2. The minimum Gasteiger partial charge on any atom is -0.409 e. The van der Waals surface area contributed by atoms with E-state index in [1.165, 1.54) is 11.3 Å². The predicted octanol–water partition coefficient (Wildman–Crippen LogP) is 1.48. The molecule has 1 heterocycles. The summed E-state index contributed by atoms with van der Waals surface area (Å²) in [6, 6.07) is 7.12. The van der Waals surface area contributed by atoms with E-state index in [-0.39, 0.29) is 11.7 Å². The lowest BCUT2D eigenvalue weighted by atomic mass is 10.1. The molecule has 4 N–H and O–H groups in total. The third-order valence-corrected chi connectivity index (χ3v) is 3.54. The molecule has 0 bridgehead atoms. The Kier molecular flexibility index (Phi) is 4.31. The molecule has 0 fully saturated rings. The van der Waals surface area contributed by atoms with Gasteiger partial charge in [0.15, 0.2) is 5.84 Å². The second-order valence-corrected chi connectivity index (χ2v) is 5.35. The number of amides is 1. The summed E-state index contributed by atoms with van der Waals surface area (Å²) in [6.07, 6.45) is 1.56. The van der Waals surface area contributed by atoms with Crippen molar-refractivity contribution in [3.8, 4) is 0 Å². The van der Waals surface area contributed by atoms with E-state index in [1.807, 2.05) is 13.0 Å². The second-order valence-electron chi connectivity index (χ2n) is 4.11. The molecule has 1 aromatic carbocycles. The van der Waals surface area contributed by atoms with Gasteiger partial charge in [0.25, 0.3) is 5.91 Å². The Morgan fingerprint density at radius 2 is 2.35 bits per heavy atom. The molecule has 0 unspecified atom stereocenters. The third-order valence-electron chi connectivity index (χ3n) is 2.63. The van der Waals surface area contributed by atoms with Crippen molar-refractivity contribution >= 4 is 23.1 Å². The summed E-state index contributed by atoms with van der Waals surface area (Å²) in [5.74, 6) is -0.124. The average molecular weight is 290 g/mol. The summed E-state index contributed by atoms with van der Waals surface area (Å²) < 4.78 is 0. The summed E-state index contributed by atoms with van der Waals surface area (Å²) >= 11 is 1.35. The number of hydrogen-bond donors (Lipinski definition) is 3. The number of carbonyl (C=O) groups is 1. The lowest BCUT2D eigenvalue weighted by Gasteiger charge is -2.05. The van der Waals surface area contributed by atoms with Gasteiger partial charge in [-0.05, 0) is 18.6 Å². The molecule has 1 aromatic heterocycles. The first-order valence-electron chi connectivity index (χ1n) is 5.87. The van der Waals surface area contributed by atoms with Gasteiger partial charge in [0.1, 0.15) is 4.88 Å². The molecule has 2 rings (SSSR count). The number of aryl methyl sites for hydroxylation is 1. The van der Waals surface area contributed by atoms with E-state index in [9.17, 15) is 4.79 Å². The van der Waals surface area contributed by atoms with E-state index in [0.717, 1.165) is 10.6 Å². The molecule has 0 saturated heterocycles. The Balaban J connectivity index is 2.02. The maximum atomic E-state index is 11.9. The first kappa shape index (κ1) is 14.0. The Morgan fingerprint density at radius 1 is 1.55 bits per heavy atom. The number of oxime groups is 1. The number of aromatic nitrogens is 1. The molecule has 2 aromatic rings. The average Bonchev–Trinajstić information content (AvgIpc) is 2.91. The fourth-order valence-electron chi connectivity index (χ4n) is 1.63. The number of carbonyl (C=O) groups excluding carboxylic acids is 1. The van der Waals surface area contributed by atoms with Crippen LogP contribution in [0.3, 0.4) is 0 Å². The standard InChI is InChI=1S/C13H14N4O2S/c1-8-15-7-11(20-8)13(18)16-6-9-3-2-4-10(5-9)12(14)17-19/h2-5,7,19H,6H2,1H3,(H2,14,17)(H,16,18). The largest absolute Gasteiger partial charge is 0.409 e. The fourth-order valence-corrected chi connectivity index (χ4v) is 2.33. The molecule has 0 atom stereocenters. The van der Waals surface area contributed by atoms with Crippen LogP contribution in [0.1, 0.15) is 25.8 Å². The molecular weight excluding hydrogens is 276 g/mol. The van der Waals surface area contributed by atoms with E-state index < -0.39 is 0 Å². The van der Waals surface area contributed by atoms with Gasteiger partial charge >= 0.3 is 0 Å². The van der Waals surface area contributed by atoms with Crippen LogP contribution in [0.25, 0.3) is 0 Å². The van der Waals surface area contributed by atoms with Gasteiger partial charge in [-0.2, -0.15) is 0 Å². The lowest BCUT2D eigenvalue weighted by molar-refractivity contribution is 0.0954. The second kappa shape index (κ2) is 6.16. The van der Waals surface area contributed by atoms with Crippen molar-refractivity contribution in [1.29, 1.82) is 0 Å². The van der Waals surface area contributed by atoms with Crippen LogP contribution in [-0.4, -0.2) is 21.9 Å². The van der Waals surface area contributed by atoms with Crippen molar-refractivity contribution in [1.82, 2.24) is 10.3 Å². The van der Waals surface area contributed by atoms with Gasteiger partial charge < -0.3 is 16.3 Å². The van der Waals surface area contributed by atoms with Crippen LogP contribution in [0.4, 0.5) is 0 Å². The normalized spacial score (nSPS) is 11.3. The van der Waals surface area contributed by atoms with E-state index in [2.05, 4.69) is 15.5 Å². The van der Waals surface area contributed by atoms with Crippen molar-refractivity contribution in [2.24, 2.45) is 10.9 Å². The van der Waals surface area contributed by atoms with Crippen LogP contribution in [0, 0.1) is 6.92 Å².